The largest absolute Gasteiger partial charge is 0.345 e. The average molecular weight is 164 g/mol. The molecule has 0 aliphatic carbocycles. The molecule has 0 aliphatic heterocycles. The van der Waals surface area contributed by atoms with Gasteiger partial charge in [-0.05, 0) is 24.6 Å². The van der Waals surface area contributed by atoms with E-state index in [-0.39, 0.29) is 0 Å². The molecule has 0 bridgehead atoms. The van der Waals surface area contributed by atoms with E-state index in [0.29, 0.717) is 0 Å². The Bertz CT molecular complexity index is 392. The Hall–Kier alpha value is -0.960. The molecule has 0 atom stereocenters. The van der Waals surface area contributed by atoms with E-state index >= 15 is 0 Å². The number of hydrogen-bond donors (Lipinski definition) is 2. The molecule has 1 heterocycles. The summed E-state index contributed by atoms with van der Waals surface area (Å²) in [6.45, 7) is 2.03. The number of imidazole rings is 1. The van der Waals surface area contributed by atoms with Crippen LogP contribution in [0.2, 0.25) is 0 Å². The monoisotopic (exact) mass is 164 g/mol. The van der Waals surface area contributed by atoms with Crippen molar-refractivity contribution in [3.05, 3.63) is 24.0 Å². The van der Waals surface area contributed by atoms with Gasteiger partial charge in [-0.15, -0.1) is 12.6 Å². The second-order valence-corrected chi connectivity index (χ2v) is 3.08. The van der Waals surface area contributed by atoms with Crippen molar-refractivity contribution < 1.29 is 0 Å². The number of benzene rings is 1. The molecule has 0 amide bonds. The highest BCUT2D eigenvalue weighted by Crippen LogP contribution is 2.18. The second-order valence-electron chi connectivity index (χ2n) is 2.56. The van der Waals surface area contributed by atoms with Gasteiger partial charge in [0.2, 0.25) is 0 Å². The molecule has 2 rings (SSSR count). The Kier molecular flexibility index (Phi) is 1.39. The summed E-state index contributed by atoms with van der Waals surface area (Å²) in [5.41, 5.74) is 3.24. The van der Waals surface area contributed by atoms with Crippen LogP contribution in [0.5, 0.6) is 0 Å². The van der Waals surface area contributed by atoms with Crippen LogP contribution in [0.1, 0.15) is 5.56 Å². The van der Waals surface area contributed by atoms with Crippen molar-refractivity contribution in [2.45, 2.75) is 11.8 Å². The van der Waals surface area contributed by atoms with Crippen molar-refractivity contribution >= 4 is 23.7 Å². The fourth-order valence-corrected chi connectivity index (χ4v) is 1.53. The van der Waals surface area contributed by atoms with Gasteiger partial charge in [0, 0.05) is 4.90 Å². The van der Waals surface area contributed by atoms with Crippen LogP contribution in [0.25, 0.3) is 11.0 Å². The number of nitrogens with zero attached hydrogens (tertiary/aromatic N) is 1. The zero-order valence-electron chi connectivity index (χ0n) is 6.13. The fraction of sp³-hybridized carbons (Fsp3) is 0.125. The van der Waals surface area contributed by atoms with Gasteiger partial charge in [-0.2, -0.15) is 0 Å². The number of H-pyrrole nitrogens is 1. The molecule has 0 fully saturated rings. The molecule has 2 aromatic rings. The molecular formula is C8H8N2S. The van der Waals surface area contributed by atoms with Crippen LogP contribution in [-0.4, -0.2) is 9.97 Å². The summed E-state index contributed by atoms with van der Waals surface area (Å²) in [6.07, 6.45) is 1.70. The SMILES string of the molecule is Cc1cc(S)cc2[nH]cnc12. The first-order valence-corrected chi connectivity index (χ1v) is 3.85. The van der Waals surface area contributed by atoms with Crippen LogP contribution in [0.3, 0.4) is 0 Å². The summed E-state index contributed by atoms with van der Waals surface area (Å²) in [5.74, 6) is 0. The predicted octanol–water partition coefficient (Wildman–Crippen LogP) is 2.16. The number of fused-ring (bicyclic) bond motifs is 1. The molecule has 11 heavy (non-hydrogen) atoms. The lowest BCUT2D eigenvalue weighted by Crippen LogP contribution is -1.76. The van der Waals surface area contributed by atoms with E-state index in [9.17, 15) is 0 Å². The van der Waals surface area contributed by atoms with Crippen LogP contribution in [0, 0.1) is 6.92 Å². The summed E-state index contributed by atoms with van der Waals surface area (Å²) in [5, 5.41) is 0. The lowest BCUT2D eigenvalue weighted by Gasteiger charge is -1.95. The van der Waals surface area contributed by atoms with E-state index in [0.717, 1.165) is 21.5 Å². The van der Waals surface area contributed by atoms with Crippen LogP contribution in [0.15, 0.2) is 23.4 Å². The number of aromatic nitrogens is 2. The first-order valence-electron chi connectivity index (χ1n) is 3.40. The van der Waals surface area contributed by atoms with Crippen molar-refractivity contribution in [2.75, 3.05) is 0 Å². The number of rotatable bonds is 0. The van der Waals surface area contributed by atoms with Crippen LogP contribution in [-0.2, 0) is 0 Å². The molecule has 0 aliphatic rings. The Morgan fingerprint density at radius 1 is 1.45 bits per heavy atom. The maximum absolute atomic E-state index is 4.26. The molecular weight excluding hydrogens is 156 g/mol. The number of aromatic amines is 1. The molecule has 3 heteroatoms. The Morgan fingerprint density at radius 2 is 2.27 bits per heavy atom. The standard InChI is InChI=1S/C8H8N2S/c1-5-2-6(11)3-7-8(5)10-4-9-7/h2-4,11H,1H3,(H,9,10). The molecule has 2 nitrogen and oxygen atoms in total. The van der Waals surface area contributed by atoms with Crippen molar-refractivity contribution in [3.8, 4) is 0 Å². The zero-order chi connectivity index (χ0) is 7.84. The topological polar surface area (TPSA) is 28.7 Å². The second kappa shape index (κ2) is 2.27. The molecule has 0 spiro atoms. The van der Waals surface area contributed by atoms with E-state index in [2.05, 4.69) is 22.6 Å². The molecule has 0 saturated heterocycles. The molecule has 56 valence electrons. The Morgan fingerprint density at radius 3 is 3.09 bits per heavy atom. The lowest BCUT2D eigenvalue weighted by atomic mass is 10.2. The van der Waals surface area contributed by atoms with Gasteiger partial charge in [-0.3, -0.25) is 0 Å². The van der Waals surface area contributed by atoms with Crippen molar-refractivity contribution in [1.29, 1.82) is 0 Å². The number of thiol groups is 1. The molecule has 0 saturated carbocycles. The van der Waals surface area contributed by atoms with E-state index in [1.807, 2.05) is 19.1 Å². The molecule has 1 N–H and O–H groups in total. The van der Waals surface area contributed by atoms with E-state index in [1.165, 1.54) is 0 Å². The minimum Gasteiger partial charge on any atom is -0.345 e. The smallest absolute Gasteiger partial charge is 0.0931 e. The van der Waals surface area contributed by atoms with Gasteiger partial charge in [0.15, 0.2) is 0 Å². The highest BCUT2D eigenvalue weighted by molar-refractivity contribution is 7.80. The van der Waals surface area contributed by atoms with Crippen molar-refractivity contribution in [3.63, 3.8) is 0 Å². The number of hydrogen-bond acceptors (Lipinski definition) is 2. The van der Waals surface area contributed by atoms with Crippen LogP contribution >= 0.6 is 12.6 Å². The lowest BCUT2D eigenvalue weighted by molar-refractivity contribution is 1.34. The first kappa shape index (κ1) is 6.73. The summed E-state index contributed by atoms with van der Waals surface area (Å²) in [7, 11) is 0. The third-order valence-electron chi connectivity index (χ3n) is 1.70. The highest BCUT2D eigenvalue weighted by Gasteiger charge is 1.99. The third-order valence-corrected chi connectivity index (χ3v) is 1.96. The van der Waals surface area contributed by atoms with Gasteiger partial charge < -0.3 is 4.98 Å². The van der Waals surface area contributed by atoms with Gasteiger partial charge >= 0.3 is 0 Å². The molecule has 1 aromatic carbocycles. The minimum atomic E-state index is 0.972. The van der Waals surface area contributed by atoms with Gasteiger partial charge in [-0.25, -0.2) is 4.98 Å². The van der Waals surface area contributed by atoms with Gasteiger partial charge in [-0.1, -0.05) is 0 Å². The van der Waals surface area contributed by atoms with Gasteiger partial charge in [0.25, 0.3) is 0 Å². The predicted molar refractivity (Wildman–Crippen MR) is 48.1 cm³/mol. The summed E-state index contributed by atoms with van der Waals surface area (Å²) in [6, 6.07) is 3.98. The number of nitrogens with one attached hydrogen (secondary N) is 1. The quantitative estimate of drug-likeness (QED) is 0.574. The third kappa shape index (κ3) is 1.01. The zero-order valence-corrected chi connectivity index (χ0v) is 7.02. The van der Waals surface area contributed by atoms with E-state index in [1.54, 1.807) is 6.33 Å². The maximum atomic E-state index is 4.26. The summed E-state index contributed by atoms with van der Waals surface area (Å²) >= 11 is 4.26. The minimum absolute atomic E-state index is 0.972. The normalized spacial score (nSPS) is 10.7. The summed E-state index contributed by atoms with van der Waals surface area (Å²) in [4.78, 5) is 8.18. The van der Waals surface area contributed by atoms with Crippen molar-refractivity contribution in [2.24, 2.45) is 0 Å². The highest BCUT2D eigenvalue weighted by atomic mass is 32.1. The molecule has 0 radical (unpaired) electrons. The van der Waals surface area contributed by atoms with Gasteiger partial charge in [0.1, 0.15) is 0 Å². The van der Waals surface area contributed by atoms with E-state index in [4.69, 9.17) is 0 Å². The first-order chi connectivity index (χ1) is 5.27. The van der Waals surface area contributed by atoms with E-state index < -0.39 is 0 Å². The molecule has 1 aromatic heterocycles. The van der Waals surface area contributed by atoms with Crippen molar-refractivity contribution in [1.82, 2.24) is 9.97 Å². The van der Waals surface area contributed by atoms with Crippen LogP contribution < -0.4 is 0 Å². The van der Waals surface area contributed by atoms with Crippen LogP contribution in [0.4, 0.5) is 0 Å². The molecule has 0 unspecified atom stereocenters. The van der Waals surface area contributed by atoms with Gasteiger partial charge in [0.05, 0.1) is 17.4 Å². The Balaban J connectivity index is 2.91. The Labute approximate surface area is 70.1 Å². The maximum Gasteiger partial charge on any atom is 0.0931 e. The average Bonchev–Trinajstić information content (AvgIpc) is 2.34. The summed E-state index contributed by atoms with van der Waals surface area (Å²) < 4.78 is 0. The number of aryl methyl sites for hydroxylation is 1. The fourth-order valence-electron chi connectivity index (χ4n) is 1.21.